The number of aliphatic hydroxyl groups is 1. The number of anilines is 1. The van der Waals surface area contributed by atoms with Gasteiger partial charge in [-0.1, -0.05) is 30.3 Å². The molecule has 2 aromatic heterocycles. The highest BCUT2D eigenvalue weighted by Gasteiger charge is 2.49. The first-order valence-electron chi connectivity index (χ1n) is 13.4. The summed E-state index contributed by atoms with van der Waals surface area (Å²) in [5, 5.41) is 10.6. The molecule has 234 valence electrons. The molecule has 2 aliphatic rings. The highest BCUT2D eigenvalue weighted by Crippen LogP contribution is 2.66. The lowest BCUT2D eigenvalue weighted by Crippen LogP contribution is -2.35. The molecule has 0 aliphatic carbocycles. The summed E-state index contributed by atoms with van der Waals surface area (Å²) in [6.07, 6.45) is -4.21. The normalized spacial score (nSPS) is 27.2. The van der Waals surface area contributed by atoms with Crippen molar-refractivity contribution in [3.05, 3.63) is 48.0 Å². The van der Waals surface area contributed by atoms with Gasteiger partial charge >= 0.3 is 13.8 Å². The van der Waals surface area contributed by atoms with Gasteiger partial charge in [-0.3, -0.25) is 23.0 Å². The van der Waals surface area contributed by atoms with Crippen molar-refractivity contribution in [1.82, 2.24) is 24.2 Å². The number of nitrogens with two attached hydrogens (primary N) is 1. The number of ether oxygens (including phenoxy) is 2. The van der Waals surface area contributed by atoms with Gasteiger partial charge < -0.3 is 20.3 Å². The van der Waals surface area contributed by atoms with Crippen LogP contribution in [-0.2, 0) is 43.4 Å². The predicted octanol–water partition coefficient (Wildman–Crippen LogP) is 3.13. The van der Waals surface area contributed by atoms with Gasteiger partial charge in [0.15, 0.2) is 23.9 Å². The number of halogens is 1. The molecule has 5 rings (SSSR count). The molecular weight excluding hydrogens is 609 g/mol. The summed E-state index contributed by atoms with van der Waals surface area (Å²) in [6, 6.07) is 8.19. The Labute approximate surface area is 246 Å². The lowest BCUT2D eigenvalue weighted by molar-refractivity contribution is -0.149. The standard InChI is InChI=1S/C25H33FN6O9P2/c1-15-29-22(27)20-23(30-15)31(14-28-20)24-19(26)21(33)18(40-24)13-39-43(36,37-2)41-42(3,35)32-11-7-10-17(32)25(34)38-12-16-8-5-4-6-9-16/h4-6,8-9,14,17-19,21,24,33H,7,10-13H2,1-3H3,(H2,27,29,30)/t17-,18+,19+,21?,24+,42?,43?/m0/s1. The molecule has 0 spiro atoms. The number of carbonyl (C=O) groups excluding carboxylic acids is 1. The minimum Gasteiger partial charge on any atom is -0.460 e. The Morgan fingerprint density at radius 1 is 1.26 bits per heavy atom. The van der Waals surface area contributed by atoms with Gasteiger partial charge in [0.25, 0.3) is 7.52 Å². The smallest absolute Gasteiger partial charge is 0.460 e. The zero-order valence-corrected chi connectivity index (χ0v) is 25.5. The first-order chi connectivity index (χ1) is 20.4. The number of nitrogens with zero attached hydrogens (tertiary/aromatic N) is 5. The van der Waals surface area contributed by atoms with Gasteiger partial charge in [-0.25, -0.2) is 32.9 Å². The Morgan fingerprint density at radius 2 is 2.00 bits per heavy atom. The largest absolute Gasteiger partial charge is 0.481 e. The molecule has 7 atom stereocenters. The molecule has 2 saturated heterocycles. The maximum Gasteiger partial charge on any atom is 0.481 e. The van der Waals surface area contributed by atoms with Crippen molar-refractivity contribution >= 4 is 38.3 Å². The number of aryl methyl sites for hydroxylation is 1. The zero-order chi connectivity index (χ0) is 30.9. The average Bonchev–Trinajstić information content (AvgIpc) is 3.70. The van der Waals surface area contributed by atoms with E-state index >= 15 is 4.39 Å². The van der Waals surface area contributed by atoms with Gasteiger partial charge in [-0.05, 0) is 25.3 Å². The second kappa shape index (κ2) is 12.7. The van der Waals surface area contributed by atoms with E-state index < -0.39 is 58.6 Å². The molecule has 3 aromatic rings. The van der Waals surface area contributed by atoms with Crippen LogP contribution >= 0.6 is 15.3 Å². The molecule has 3 unspecified atom stereocenters. The lowest BCUT2D eigenvalue weighted by Gasteiger charge is -2.30. The number of rotatable bonds is 11. The SMILES string of the molecule is COP(=O)(OC[C@H]1O[C@@H](n2cnc3c(N)nc(C)nc32)[C@H](F)C1O)OP(C)(=O)N1CCC[C@H]1C(=O)OCc1ccccc1. The summed E-state index contributed by atoms with van der Waals surface area (Å²) in [7, 11) is -7.49. The Morgan fingerprint density at radius 3 is 2.72 bits per heavy atom. The maximum absolute atomic E-state index is 15.2. The van der Waals surface area contributed by atoms with Crippen molar-refractivity contribution in [1.29, 1.82) is 0 Å². The van der Waals surface area contributed by atoms with Gasteiger partial charge in [-0.15, -0.1) is 0 Å². The predicted molar refractivity (Wildman–Crippen MR) is 150 cm³/mol. The number of hydrogen-bond donors (Lipinski definition) is 2. The number of alkyl halides is 1. The molecule has 43 heavy (non-hydrogen) atoms. The van der Waals surface area contributed by atoms with E-state index in [0.29, 0.717) is 18.7 Å². The van der Waals surface area contributed by atoms with E-state index in [1.807, 2.05) is 18.2 Å². The minimum absolute atomic E-state index is 0.0354. The monoisotopic (exact) mass is 642 g/mol. The van der Waals surface area contributed by atoms with E-state index in [1.54, 1.807) is 19.1 Å². The van der Waals surface area contributed by atoms with Crippen molar-refractivity contribution in [2.45, 2.75) is 57.0 Å². The van der Waals surface area contributed by atoms with Crippen LogP contribution in [0.4, 0.5) is 10.2 Å². The first-order valence-corrected chi connectivity index (χ1v) is 16.9. The Kier molecular flexibility index (Phi) is 9.31. The van der Waals surface area contributed by atoms with Crippen LogP contribution < -0.4 is 5.73 Å². The first kappa shape index (κ1) is 31.6. The van der Waals surface area contributed by atoms with Crippen LogP contribution in [0.3, 0.4) is 0 Å². The molecule has 3 N–H and O–H groups in total. The fourth-order valence-corrected chi connectivity index (χ4v) is 9.03. The van der Waals surface area contributed by atoms with Crippen molar-refractivity contribution in [3.63, 3.8) is 0 Å². The van der Waals surface area contributed by atoms with Gasteiger partial charge in [-0.2, -0.15) is 0 Å². The second-order valence-electron chi connectivity index (χ2n) is 10.2. The average molecular weight is 643 g/mol. The van der Waals surface area contributed by atoms with Crippen LogP contribution in [0.2, 0.25) is 0 Å². The van der Waals surface area contributed by atoms with Crippen LogP contribution in [0.5, 0.6) is 0 Å². The fraction of sp³-hybridized carbons (Fsp3) is 0.520. The molecule has 15 nitrogen and oxygen atoms in total. The number of fused-ring (bicyclic) bond motifs is 1. The zero-order valence-electron chi connectivity index (χ0n) is 23.7. The third-order valence-electron chi connectivity index (χ3n) is 7.19. The molecule has 4 heterocycles. The third kappa shape index (κ3) is 6.66. The molecule has 0 amide bonds. The second-order valence-corrected chi connectivity index (χ2v) is 14.5. The van der Waals surface area contributed by atoms with E-state index in [-0.39, 0.29) is 30.1 Å². The Bertz CT molecular complexity index is 1560. The number of phosphoric acid groups is 1. The number of aromatic nitrogens is 4. The van der Waals surface area contributed by atoms with Crippen LogP contribution in [0.15, 0.2) is 36.7 Å². The summed E-state index contributed by atoms with van der Waals surface area (Å²) in [5.41, 5.74) is 7.11. The number of hydrogen-bond acceptors (Lipinski definition) is 13. The number of nitrogen functional groups attached to an aromatic ring is 1. The van der Waals surface area contributed by atoms with E-state index in [4.69, 9.17) is 28.6 Å². The summed E-state index contributed by atoms with van der Waals surface area (Å²) < 4.78 is 71.7. The van der Waals surface area contributed by atoms with Crippen molar-refractivity contribution < 1.29 is 46.3 Å². The van der Waals surface area contributed by atoms with E-state index in [1.165, 1.54) is 22.2 Å². The van der Waals surface area contributed by atoms with Crippen molar-refractivity contribution in [3.8, 4) is 0 Å². The number of benzene rings is 1. The van der Waals surface area contributed by atoms with Crippen LogP contribution in [0, 0.1) is 6.92 Å². The summed E-state index contributed by atoms with van der Waals surface area (Å²) in [6.45, 7) is 2.40. The minimum atomic E-state index is -4.55. The molecule has 0 radical (unpaired) electrons. The van der Waals surface area contributed by atoms with Gasteiger partial charge in [0, 0.05) is 20.3 Å². The molecule has 2 fully saturated rings. The van der Waals surface area contributed by atoms with E-state index in [2.05, 4.69) is 15.0 Å². The number of aliphatic hydroxyl groups excluding tert-OH is 1. The molecule has 0 bridgehead atoms. The molecular formula is C25H33FN6O9P2. The van der Waals surface area contributed by atoms with Gasteiger partial charge in [0.05, 0.1) is 12.9 Å². The number of carbonyl (C=O) groups is 1. The van der Waals surface area contributed by atoms with Crippen LogP contribution in [0.1, 0.15) is 30.5 Å². The molecule has 18 heteroatoms. The summed E-state index contributed by atoms with van der Waals surface area (Å²) >= 11 is 0. The van der Waals surface area contributed by atoms with E-state index in [0.717, 1.165) is 12.7 Å². The highest BCUT2D eigenvalue weighted by molar-refractivity contribution is 7.66. The number of imidazole rings is 1. The summed E-state index contributed by atoms with van der Waals surface area (Å²) in [4.78, 5) is 25.2. The third-order valence-corrected chi connectivity index (χ3v) is 11.5. The topological polar surface area (TPSA) is 190 Å². The van der Waals surface area contributed by atoms with Crippen LogP contribution in [0.25, 0.3) is 11.2 Å². The maximum atomic E-state index is 15.2. The van der Waals surface area contributed by atoms with Gasteiger partial charge in [0.1, 0.15) is 36.2 Å². The highest BCUT2D eigenvalue weighted by atomic mass is 31.3. The Balaban J connectivity index is 1.23. The van der Waals surface area contributed by atoms with Crippen molar-refractivity contribution in [2.75, 3.05) is 32.7 Å². The van der Waals surface area contributed by atoms with Crippen molar-refractivity contribution in [2.24, 2.45) is 0 Å². The lowest BCUT2D eigenvalue weighted by atomic mass is 10.1. The van der Waals surface area contributed by atoms with Crippen LogP contribution in [-0.4, -0.2) is 86.6 Å². The quantitative estimate of drug-likeness (QED) is 0.229. The molecule has 0 saturated carbocycles. The molecule has 1 aromatic carbocycles. The number of esters is 1. The van der Waals surface area contributed by atoms with Gasteiger partial charge in [0.2, 0.25) is 0 Å². The number of phosphoric ester groups is 1. The molecule has 2 aliphatic heterocycles. The van der Waals surface area contributed by atoms with E-state index in [9.17, 15) is 19.0 Å². The fourth-order valence-electron chi connectivity index (χ4n) is 5.06. The Hall–Kier alpha value is -2.81. The summed E-state index contributed by atoms with van der Waals surface area (Å²) in [5.74, 6) is -0.175.